The summed E-state index contributed by atoms with van der Waals surface area (Å²) in [7, 11) is 0. The molecule has 2 N–H and O–H groups in total. The van der Waals surface area contributed by atoms with E-state index >= 15 is 0 Å². The van der Waals surface area contributed by atoms with E-state index in [1.165, 1.54) is 6.42 Å². The number of carbonyl (C=O) groups is 2. The van der Waals surface area contributed by atoms with Crippen LogP contribution in [-0.4, -0.2) is 24.0 Å². The van der Waals surface area contributed by atoms with E-state index in [-0.39, 0.29) is 24.3 Å². The van der Waals surface area contributed by atoms with E-state index in [4.69, 9.17) is 4.74 Å². The molecule has 2 aliphatic rings. The van der Waals surface area contributed by atoms with Crippen molar-refractivity contribution in [3.05, 3.63) is 24.3 Å². The summed E-state index contributed by atoms with van der Waals surface area (Å²) in [6.45, 7) is 6.93. The summed E-state index contributed by atoms with van der Waals surface area (Å²) < 4.78 is 5.71. The Morgan fingerprint density at radius 2 is 1.92 bits per heavy atom. The molecule has 1 fully saturated rings. The third kappa shape index (κ3) is 4.19. The fourth-order valence-electron chi connectivity index (χ4n) is 3.99. The van der Waals surface area contributed by atoms with E-state index < -0.39 is 6.10 Å². The smallest absolute Gasteiger partial charge is 0.266 e. The van der Waals surface area contributed by atoms with Crippen LogP contribution in [0.3, 0.4) is 0 Å². The molecule has 3 rings (SSSR count). The highest BCUT2D eigenvalue weighted by Crippen LogP contribution is 2.40. The highest BCUT2D eigenvalue weighted by Gasteiger charge is 2.33. The minimum atomic E-state index is -0.764. The van der Waals surface area contributed by atoms with E-state index in [0.29, 0.717) is 16.9 Å². The summed E-state index contributed by atoms with van der Waals surface area (Å²) in [6, 6.07) is 7.50. The number of hydrogen-bond donors (Lipinski definition) is 2. The number of carbonyl (C=O) groups excluding carboxylic acids is 2. The van der Waals surface area contributed by atoms with Gasteiger partial charge in [-0.2, -0.15) is 0 Å². The van der Waals surface area contributed by atoms with Crippen molar-refractivity contribution in [2.24, 2.45) is 11.3 Å². The van der Waals surface area contributed by atoms with Crippen LogP contribution in [0, 0.1) is 11.3 Å². The lowest BCUT2D eigenvalue weighted by Gasteiger charge is -2.39. The molecule has 0 aromatic heterocycles. The number of ether oxygens (including phenoxy) is 1. The van der Waals surface area contributed by atoms with Gasteiger partial charge in [0.25, 0.3) is 5.91 Å². The Balaban J connectivity index is 1.49. The van der Waals surface area contributed by atoms with Crippen molar-refractivity contribution < 1.29 is 14.3 Å². The number of rotatable bonds is 5. The van der Waals surface area contributed by atoms with E-state index in [0.717, 1.165) is 31.6 Å². The third-order valence-corrected chi connectivity index (χ3v) is 6.19. The van der Waals surface area contributed by atoms with Crippen molar-refractivity contribution >= 4 is 17.5 Å². The summed E-state index contributed by atoms with van der Waals surface area (Å²) in [6.07, 6.45) is 4.81. The van der Waals surface area contributed by atoms with Crippen molar-refractivity contribution in [2.75, 3.05) is 5.32 Å². The van der Waals surface area contributed by atoms with Crippen LogP contribution in [0.1, 0.15) is 59.3 Å². The number of nitrogens with one attached hydrogen (secondary N) is 2. The number of fused-ring (bicyclic) bond motifs is 1. The molecule has 142 valence electrons. The molecule has 0 spiro atoms. The van der Waals surface area contributed by atoms with Crippen LogP contribution in [0.5, 0.6) is 5.75 Å². The number of benzene rings is 1. The maximum absolute atomic E-state index is 12.4. The molecule has 0 bridgehead atoms. The first-order valence-electron chi connectivity index (χ1n) is 9.75. The average molecular weight is 358 g/mol. The first kappa shape index (κ1) is 18.7. The fraction of sp³-hybridized carbons (Fsp3) is 0.619. The molecule has 0 radical (unpaired) electrons. The van der Waals surface area contributed by atoms with E-state index in [1.54, 1.807) is 12.1 Å². The Kier molecular flexibility index (Phi) is 5.54. The first-order chi connectivity index (χ1) is 12.4. The van der Waals surface area contributed by atoms with Crippen LogP contribution < -0.4 is 15.4 Å². The molecular formula is C21H30N2O3. The molecule has 1 heterocycles. The Bertz CT molecular complexity index is 663. The molecule has 5 nitrogen and oxygen atoms in total. The minimum Gasteiger partial charge on any atom is -0.478 e. The molecule has 1 saturated carbocycles. The van der Waals surface area contributed by atoms with Gasteiger partial charge in [-0.1, -0.05) is 39.3 Å². The number of amides is 2. The van der Waals surface area contributed by atoms with E-state index in [9.17, 15) is 9.59 Å². The summed E-state index contributed by atoms with van der Waals surface area (Å²) in [4.78, 5) is 24.6. The third-order valence-electron chi connectivity index (χ3n) is 6.19. The van der Waals surface area contributed by atoms with Crippen LogP contribution >= 0.6 is 0 Å². The Labute approximate surface area is 155 Å². The van der Waals surface area contributed by atoms with Gasteiger partial charge < -0.3 is 15.4 Å². The maximum Gasteiger partial charge on any atom is 0.266 e. The topological polar surface area (TPSA) is 67.4 Å². The molecule has 2 amide bonds. The van der Waals surface area contributed by atoms with Crippen molar-refractivity contribution in [3.63, 3.8) is 0 Å². The molecule has 0 saturated heterocycles. The molecule has 5 heteroatoms. The highest BCUT2D eigenvalue weighted by molar-refractivity contribution is 5.99. The van der Waals surface area contributed by atoms with Crippen molar-refractivity contribution in [1.82, 2.24) is 5.32 Å². The second-order valence-corrected chi connectivity index (χ2v) is 8.25. The molecule has 1 aromatic rings. The quantitative estimate of drug-likeness (QED) is 0.839. The molecule has 1 aromatic carbocycles. The van der Waals surface area contributed by atoms with E-state index in [2.05, 4.69) is 31.4 Å². The van der Waals surface area contributed by atoms with Crippen molar-refractivity contribution in [1.29, 1.82) is 0 Å². The van der Waals surface area contributed by atoms with Gasteiger partial charge in [0.05, 0.1) is 12.1 Å². The number of anilines is 1. The largest absolute Gasteiger partial charge is 0.478 e. The second kappa shape index (κ2) is 7.68. The monoisotopic (exact) mass is 358 g/mol. The SMILES string of the molecule is CCC(C)(C)C1CCC(NC(=O)C[C@@H]2Oc3ccccc3NC2=O)CC1. The van der Waals surface area contributed by atoms with Gasteiger partial charge in [-0.25, -0.2) is 0 Å². The lowest BCUT2D eigenvalue weighted by molar-refractivity contribution is -0.131. The number of para-hydroxylation sites is 2. The van der Waals surface area contributed by atoms with Gasteiger partial charge in [0.1, 0.15) is 5.75 Å². The Morgan fingerprint density at radius 1 is 1.23 bits per heavy atom. The molecule has 1 atom stereocenters. The fourth-order valence-corrected chi connectivity index (χ4v) is 3.99. The summed E-state index contributed by atoms with van der Waals surface area (Å²) in [5.41, 5.74) is 1.03. The summed E-state index contributed by atoms with van der Waals surface area (Å²) in [5.74, 6) is 0.979. The van der Waals surface area contributed by atoms with E-state index in [1.807, 2.05) is 12.1 Å². The highest BCUT2D eigenvalue weighted by atomic mass is 16.5. The predicted octanol–water partition coefficient (Wildman–Crippen LogP) is 3.89. The maximum atomic E-state index is 12.4. The minimum absolute atomic E-state index is 0.0561. The van der Waals surface area contributed by atoms with Crippen molar-refractivity contribution in [2.45, 2.75) is 71.4 Å². The van der Waals surface area contributed by atoms with Crippen LogP contribution in [0.4, 0.5) is 5.69 Å². The zero-order chi connectivity index (χ0) is 18.7. The number of hydrogen-bond acceptors (Lipinski definition) is 3. The Morgan fingerprint density at radius 3 is 2.62 bits per heavy atom. The molecular weight excluding hydrogens is 328 g/mol. The second-order valence-electron chi connectivity index (χ2n) is 8.25. The van der Waals surface area contributed by atoms with Crippen molar-refractivity contribution in [3.8, 4) is 5.75 Å². The normalized spacial score (nSPS) is 25.7. The first-order valence-corrected chi connectivity index (χ1v) is 9.75. The summed E-state index contributed by atoms with van der Waals surface area (Å²) in [5, 5.41) is 5.91. The van der Waals surface area contributed by atoms with Gasteiger partial charge in [0.15, 0.2) is 6.10 Å². The molecule has 1 aliphatic carbocycles. The van der Waals surface area contributed by atoms with Crippen LogP contribution in [0.15, 0.2) is 24.3 Å². The summed E-state index contributed by atoms with van der Waals surface area (Å²) >= 11 is 0. The van der Waals surface area contributed by atoms with Gasteiger partial charge in [-0.15, -0.1) is 0 Å². The molecule has 1 aliphatic heterocycles. The van der Waals surface area contributed by atoms with Gasteiger partial charge in [0.2, 0.25) is 5.91 Å². The molecule has 26 heavy (non-hydrogen) atoms. The van der Waals surface area contributed by atoms with Gasteiger partial charge in [0, 0.05) is 6.04 Å². The van der Waals surface area contributed by atoms with Crippen LogP contribution in [-0.2, 0) is 9.59 Å². The van der Waals surface area contributed by atoms with Crippen LogP contribution in [0.25, 0.3) is 0 Å². The molecule has 0 unspecified atom stereocenters. The Hall–Kier alpha value is -2.04. The van der Waals surface area contributed by atoms with Crippen LogP contribution in [0.2, 0.25) is 0 Å². The zero-order valence-electron chi connectivity index (χ0n) is 16.0. The standard InChI is InChI=1S/C21H30N2O3/c1-4-21(2,3)14-9-11-15(12-10-14)22-19(24)13-18-20(25)23-16-7-5-6-8-17(16)26-18/h5-8,14-15,18H,4,9-13H2,1-3H3,(H,22,24)(H,23,25)/t14?,15?,18-/m0/s1. The van der Waals surface area contributed by atoms with Gasteiger partial charge >= 0.3 is 0 Å². The lowest BCUT2D eigenvalue weighted by Crippen LogP contribution is -2.44. The lowest BCUT2D eigenvalue weighted by atomic mass is 9.69. The van der Waals surface area contributed by atoms with Gasteiger partial charge in [-0.3, -0.25) is 9.59 Å². The predicted molar refractivity (Wildman–Crippen MR) is 102 cm³/mol. The zero-order valence-corrected chi connectivity index (χ0v) is 16.0. The van der Waals surface area contributed by atoms with Gasteiger partial charge in [-0.05, 0) is 49.1 Å². The average Bonchev–Trinajstić information content (AvgIpc) is 2.63.